The molecule has 0 saturated carbocycles. The summed E-state index contributed by atoms with van der Waals surface area (Å²) in [4.78, 5) is 8.51. The van der Waals surface area contributed by atoms with Gasteiger partial charge in [-0.3, -0.25) is 0 Å². The second-order valence-corrected chi connectivity index (χ2v) is 8.70. The second kappa shape index (κ2) is 9.12. The first-order chi connectivity index (χ1) is 14.6. The minimum atomic E-state index is -0.287. The van der Waals surface area contributed by atoms with Gasteiger partial charge in [0, 0.05) is 55.9 Å². The van der Waals surface area contributed by atoms with Gasteiger partial charge in [-0.05, 0) is 25.5 Å². The summed E-state index contributed by atoms with van der Waals surface area (Å²) < 4.78 is 19.3. The Labute approximate surface area is 181 Å². The maximum absolute atomic E-state index is 14.0. The van der Waals surface area contributed by atoms with Crippen LogP contribution in [0.1, 0.15) is 22.4 Å². The van der Waals surface area contributed by atoms with E-state index < -0.39 is 0 Å². The lowest BCUT2D eigenvalue weighted by Crippen LogP contribution is -2.53. The van der Waals surface area contributed by atoms with Crippen LogP contribution < -0.4 is 10.6 Å². The Hall–Kier alpha value is -2.48. The molecule has 158 valence electrons. The van der Waals surface area contributed by atoms with Gasteiger partial charge in [0.15, 0.2) is 0 Å². The summed E-state index contributed by atoms with van der Waals surface area (Å²) in [5.74, 6) is 0.601. The number of halogens is 1. The molecule has 1 aromatic carbocycles. The van der Waals surface area contributed by atoms with Crippen molar-refractivity contribution >= 4 is 39.6 Å². The number of methoxy groups -OCH3 is 1. The van der Waals surface area contributed by atoms with Gasteiger partial charge < -0.3 is 20.3 Å². The molecule has 1 atom stereocenters. The van der Waals surface area contributed by atoms with E-state index in [2.05, 4.69) is 35.1 Å². The molecule has 2 N–H and O–H groups in total. The van der Waals surface area contributed by atoms with Crippen molar-refractivity contribution in [3.8, 4) is 0 Å². The summed E-state index contributed by atoms with van der Waals surface area (Å²) in [6.45, 7) is 9.17. The monoisotopic (exact) mass is 426 g/mol. The first kappa shape index (κ1) is 20.8. The van der Waals surface area contributed by atoms with Crippen LogP contribution in [0, 0.1) is 12.7 Å². The summed E-state index contributed by atoms with van der Waals surface area (Å²) in [5.41, 5.74) is 3.64. The number of aryl methyl sites for hydroxylation is 1. The Morgan fingerprint density at radius 1 is 1.43 bits per heavy atom. The minimum Gasteiger partial charge on any atom is -0.385 e. The number of benzene rings is 1. The molecule has 4 rings (SSSR count). The van der Waals surface area contributed by atoms with Gasteiger partial charge in [-0.1, -0.05) is 24.8 Å². The van der Waals surface area contributed by atoms with Gasteiger partial charge in [0.05, 0.1) is 16.9 Å². The molecule has 30 heavy (non-hydrogen) atoms. The Kier molecular flexibility index (Phi) is 6.32. The predicted molar refractivity (Wildman–Crippen MR) is 124 cm³/mol. The first-order valence-corrected chi connectivity index (χ1v) is 11.0. The highest BCUT2D eigenvalue weighted by Gasteiger charge is 2.29. The molecular formula is C23H27FN4OS. The van der Waals surface area contributed by atoms with Gasteiger partial charge in [0.1, 0.15) is 16.7 Å². The lowest BCUT2D eigenvalue weighted by molar-refractivity contribution is 0.168. The fourth-order valence-corrected chi connectivity index (χ4v) is 4.98. The molecule has 0 radical (unpaired) electrons. The molecule has 0 spiro atoms. The summed E-state index contributed by atoms with van der Waals surface area (Å²) in [5, 5.41) is 8.10. The Morgan fingerprint density at radius 2 is 2.30 bits per heavy atom. The molecule has 2 aromatic rings. The zero-order valence-electron chi connectivity index (χ0n) is 17.4. The number of fused-ring (bicyclic) bond motifs is 2. The lowest BCUT2D eigenvalue weighted by atomic mass is 10.1. The molecule has 0 amide bonds. The molecule has 3 heterocycles. The molecule has 2 aliphatic rings. The van der Waals surface area contributed by atoms with E-state index in [0.717, 1.165) is 53.7 Å². The van der Waals surface area contributed by atoms with Crippen molar-refractivity contribution in [2.24, 2.45) is 4.99 Å². The number of nitrogens with zero attached hydrogens (tertiary/aromatic N) is 2. The van der Waals surface area contributed by atoms with Crippen LogP contribution in [0.3, 0.4) is 0 Å². The zero-order chi connectivity index (χ0) is 21.1. The van der Waals surface area contributed by atoms with E-state index in [4.69, 9.17) is 9.73 Å². The van der Waals surface area contributed by atoms with E-state index in [0.29, 0.717) is 18.3 Å². The summed E-state index contributed by atoms with van der Waals surface area (Å²) >= 11 is 1.70. The minimum absolute atomic E-state index is 0.287. The molecule has 2 aliphatic heterocycles. The van der Waals surface area contributed by atoms with Crippen molar-refractivity contribution in [2.75, 3.05) is 38.7 Å². The number of piperazine rings is 1. The fourth-order valence-electron chi connectivity index (χ4n) is 3.93. The average Bonchev–Trinajstić information content (AvgIpc) is 2.95. The number of ether oxygens (including phenoxy) is 1. The number of anilines is 2. The van der Waals surface area contributed by atoms with E-state index in [-0.39, 0.29) is 5.82 Å². The molecule has 1 aromatic heterocycles. The Morgan fingerprint density at radius 3 is 3.10 bits per heavy atom. The van der Waals surface area contributed by atoms with E-state index in [9.17, 15) is 4.39 Å². The normalized spacial score (nSPS) is 18.4. The van der Waals surface area contributed by atoms with Crippen molar-refractivity contribution in [2.45, 2.75) is 19.4 Å². The molecule has 0 unspecified atom stereocenters. The molecular weight excluding hydrogens is 399 g/mol. The third-order valence-electron chi connectivity index (χ3n) is 5.41. The number of hydrogen-bond donors (Lipinski definition) is 2. The van der Waals surface area contributed by atoms with E-state index >= 15 is 0 Å². The molecule has 7 heteroatoms. The predicted octanol–water partition coefficient (Wildman–Crippen LogP) is 4.84. The number of rotatable bonds is 5. The zero-order valence-corrected chi connectivity index (χ0v) is 18.2. The topological polar surface area (TPSA) is 48.9 Å². The third kappa shape index (κ3) is 4.19. The Balaban J connectivity index is 1.81. The first-order valence-electron chi connectivity index (χ1n) is 10.2. The van der Waals surface area contributed by atoms with Crippen molar-refractivity contribution < 1.29 is 9.13 Å². The van der Waals surface area contributed by atoms with Crippen LogP contribution >= 0.6 is 11.3 Å². The van der Waals surface area contributed by atoms with Crippen LogP contribution in [-0.2, 0) is 4.74 Å². The maximum Gasteiger partial charge on any atom is 0.140 e. The van der Waals surface area contributed by atoms with Crippen molar-refractivity contribution in [1.82, 2.24) is 10.2 Å². The summed E-state index contributed by atoms with van der Waals surface area (Å²) in [6, 6.07) is 5.04. The molecule has 0 aliphatic carbocycles. The number of nitrogens with one attached hydrogen (secondary N) is 2. The van der Waals surface area contributed by atoms with Gasteiger partial charge >= 0.3 is 0 Å². The number of hydrogen-bond acceptors (Lipinski definition) is 6. The van der Waals surface area contributed by atoms with Gasteiger partial charge in [-0.25, -0.2) is 9.38 Å². The van der Waals surface area contributed by atoms with Crippen LogP contribution in [0.15, 0.2) is 41.9 Å². The van der Waals surface area contributed by atoms with Crippen molar-refractivity contribution in [3.63, 3.8) is 0 Å². The van der Waals surface area contributed by atoms with Crippen LogP contribution in [0.2, 0.25) is 0 Å². The van der Waals surface area contributed by atoms with Crippen molar-refractivity contribution in [3.05, 3.63) is 58.8 Å². The fraction of sp³-hybridized carbons (Fsp3) is 0.348. The number of amidine groups is 1. The maximum atomic E-state index is 14.0. The highest BCUT2D eigenvalue weighted by molar-refractivity contribution is 7.16. The van der Waals surface area contributed by atoms with Crippen LogP contribution in [0.5, 0.6) is 0 Å². The molecule has 0 bridgehead atoms. The van der Waals surface area contributed by atoms with Crippen LogP contribution in [-0.4, -0.2) is 50.1 Å². The average molecular weight is 427 g/mol. The highest BCUT2D eigenvalue weighted by atomic mass is 32.1. The molecule has 1 fully saturated rings. The van der Waals surface area contributed by atoms with E-state index in [1.807, 2.05) is 6.08 Å². The van der Waals surface area contributed by atoms with Gasteiger partial charge in [0.25, 0.3) is 0 Å². The quantitative estimate of drug-likeness (QED) is 0.672. The van der Waals surface area contributed by atoms with Gasteiger partial charge in [0.2, 0.25) is 0 Å². The number of allylic oxidation sites excluding steroid dienone is 2. The van der Waals surface area contributed by atoms with E-state index in [1.165, 1.54) is 17.0 Å². The second-order valence-electron chi connectivity index (χ2n) is 7.47. The van der Waals surface area contributed by atoms with Gasteiger partial charge in [-0.15, -0.1) is 11.3 Å². The van der Waals surface area contributed by atoms with Crippen LogP contribution in [0.4, 0.5) is 20.8 Å². The standard InChI is InChI=1S/C23H27FN4OS/c1-4-5-6-18-15(2)30-23-21(18)22(26-20-13-16(24)7-8-19(20)27-23)28-11-10-25-17(14-28)9-12-29-3/h4-8,13,17,25,27H,1,9-12,14H2,2-3H3/b6-5-/t17-/m0/s1. The number of thiophene rings is 1. The van der Waals surface area contributed by atoms with Crippen LogP contribution in [0.25, 0.3) is 6.08 Å². The lowest BCUT2D eigenvalue weighted by Gasteiger charge is -2.36. The highest BCUT2D eigenvalue weighted by Crippen LogP contribution is 2.42. The molecule has 1 saturated heterocycles. The van der Waals surface area contributed by atoms with Gasteiger partial charge in [-0.2, -0.15) is 0 Å². The summed E-state index contributed by atoms with van der Waals surface area (Å²) in [6.07, 6.45) is 6.74. The third-order valence-corrected chi connectivity index (χ3v) is 6.45. The Bertz CT molecular complexity index is 997. The smallest absolute Gasteiger partial charge is 0.140 e. The van der Waals surface area contributed by atoms with E-state index in [1.54, 1.807) is 30.6 Å². The summed E-state index contributed by atoms with van der Waals surface area (Å²) in [7, 11) is 1.73. The SMILES string of the molecule is C=C/C=C\c1c(C)sc2c1C(N1CCN[C@@H](CCOC)C1)=Nc1cc(F)ccc1N2. The number of aliphatic imine (C=N–C) groups is 1. The van der Waals surface area contributed by atoms with Crippen molar-refractivity contribution in [1.29, 1.82) is 0 Å². The molecule has 5 nitrogen and oxygen atoms in total. The largest absolute Gasteiger partial charge is 0.385 e.